The van der Waals surface area contributed by atoms with Crippen LogP contribution in [0.15, 0.2) is 4.52 Å². The van der Waals surface area contributed by atoms with Crippen molar-refractivity contribution in [2.45, 2.75) is 77.4 Å². The number of hydrogen-bond donors (Lipinski definition) is 1. The lowest BCUT2D eigenvalue weighted by atomic mass is 9.99. The number of nitrogens with one attached hydrogen (secondary N) is 1. The van der Waals surface area contributed by atoms with Gasteiger partial charge in [-0.25, -0.2) is 0 Å². The maximum atomic E-state index is 5.74. The van der Waals surface area contributed by atoms with Gasteiger partial charge in [0.1, 0.15) is 0 Å². The molecule has 1 aromatic rings. The molecule has 1 aliphatic heterocycles. The largest absolute Gasteiger partial charge is 0.378 e. The predicted molar refractivity (Wildman–Crippen MR) is 82.4 cm³/mol. The zero-order chi connectivity index (χ0) is 15.1. The topological polar surface area (TPSA) is 60.2 Å². The van der Waals surface area contributed by atoms with Crippen LogP contribution in [0.5, 0.6) is 0 Å². The van der Waals surface area contributed by atoms with E-state index in [1.807, 2.05) is 0 Å². The average molecular weight is 295 g/mol. The monoisotopic (exact) mass is 295 g/mol. The summed E-state index contributed by atoms with van der Waals surface area (Å²) in [7, 11) is 0. The van der Waals surface area contributed by atoms with Gasteiger partial charge in [0.05, 0.1) is 12.0 Å². The highest BCUT2D eigenvalue weighted by atomic mass is 16.5. The molecular weight excluding hydrogens is 266 g/mol. The van der Waals surface area contributed by atoms with Gasteiger partial charge in [0.15, 0.2) is 5.82 Å². The van der Waals surface area contributed by atoms with Crippen LogP contribution in [0.2, 0.25) is 0 Å². The van der Waals surface area contributed by atoms with E-state index in [1.54, 1.807) is 0 Å². The van der Waals surface area contributed by atoms with Crippen molar-refractivity contribution in [3.05, 3.63) is 11.7 Å². The summed E-state index contributed by atoms with van der Waals surface area (Å²) in [4.78, 5) is 4.58. The fourth-order valence-corrected chi connectivity index (χ4v) is 2.88. The molecule has 2 rings (SSSR count). The van der Waals surface area contributed by atoms with Gasteiger partial charge >= 0.3 is 0 Å². The fraction of sp³-hybridized carbons (Fsp3) is 0.875. The second-order valence-corrected chi connectivity index (χ2v) is 6.00. The Balaban J connectivity index is 1.90. The quantitative estimate of drug-likeness (QED) is 0.798. The van der Waals surface area contributed by atoms with Gasteiger partial charge in [-0.1, -0.05) is 25.9 Å². The van der Waals surface area contributed by atoms with Gasteiger partial charge in [0.25, 0.3) is 0 Å². The van der Waals surface area contributed by atoms with Crippen molar-refractivity contribution in [1.82, 2.24) is 15.5 Å². The van der Waals surface area contributed by atoms with Crippen molar-refractivity contribution in [3.63, 3.8) is 0 Å². The van der Waals surface area contributed by atoms with Crippen LogP contribution in [0.4, 0.5) is 0 Å². The van der Waals surface area contributed by atoms with Crippen LogP contribution >= 0.6 is 0 Å². The van der Waals surface area contributed by atoms with Crippen LogP contribution < -0.4 is 5.32 Å². The molecule has 1 aliphatic rings. The molecule has 21 heavy (non-hydrogen) atoms. The van der Waals surface area contributed by atoms with E-state index < -0.39 is 0 Å². The van der Waals surface area contributed by atoms with E-state index in [2.05, 4.69) is 36.2 Å². The molecule has 0 aromatic carbocycles. The molecular formula is C16H29N3O2. The molecule has 0 saturated carbocycles. The van der Waals surface area contributed by atoms with Crippen molar-refractivity contribution in [1.29, 1.82) is 0 Å². The second-order valence-electron chi connectivity index (χ2n) is 6.00. The van der Waals surface area contributed by atoms with E-state index >= 15 is 0 Å². The van der Waals surface area contributed by atoms with Crippen LogP contribution in [0.25, 0.3) is 0 Å². The third kappa shape index (κ3) is 4.78. The number of aromatic nitrogens is 2. The van der Waals surface area contributed by atoms with Crippen molar-refractivity contribution in [2.24, 2.45) is 0 Å². The summed E-state index contributed by atoms with van der Waals surface area (Å²) in [6.45, 7) is 8.42. The van der Waals surface area contributed by atoms with Crippen LogP contribution in [0.3, 0.4) is 0 Å². The van der Waals surface area contributed by atoms with E-state index in [0.717, 1.165) is 50.6 Å². The van der Waals surface area contributed by atoms with Crippen LogP contribution in [-0.4, -0.2) is 35.4 Å². The van der Waals surface area contributed by atoms with E-state index in [4.69, 9.17) is 9.26 Å². The van der Waals surface area contributed by atoms with Gasteiger partial charge in [0.2, 0.25) is 5.89 Å². The molecule has 120 valence electrons. The van der Waals surface area contributed by atoms with Crippen LogP contribution in [-0.2, 0) is 11.2 Å². The van der Waals surface area contributed by atoms with Crippen molar-refractivity contribution >= 4 is 0 Å². The van der Waals surface area contributed by atoms with Crippen molar-refractivity contribution < 1.29 is 9.26 Å². The van der Waals surface area contributed by atoms with Crippen molar-refractivity contribution in [3.8, 4) is 0 Å². The van der Waals surface area contributed by atoms with Crippen LogP contribution in [0, 0.1) is 0 Å². The SMILES string of the molecule is CCCNC(CC)C(C)c1nc(CC2CCCCO2)no1. The molecule has 0 aliphatic carbocycles. The average Bonchev–Trinajstić information content (AvgIpc) is 2.97. The molecule has 1 saturated heterocycles. The fourth-order valence-electron chi connectivity index (χ4n) is 2.88. The molecule has 1 fully saturated rings. The minimum Gasteiger partial charge on any atom is -0.378 e. The first-order chi connectivity index (χ1) is 10.2. The Morgan fingerprint density at radius 2 is 2.19 bits per heavy atom. The Bertz CT molecular complexity index is 402. The Hall–Kier alpha value is -0.940. The van der Waals surface area contributed by atoms with E-state index in [0.29, 0.717) is 6.04 Å². The molecule has 0 radical (unpaired) electrons. The number of rotatable bonds is 8. The number of hydrogen-bond acceptors (Lipinski definition) is 5. The highest BCUT2D eigenvalue weighted by molar-refractivity contribution is 4.98. The summed E-state index contributed by atoms with van der Waals surface area (Å²) in [5.41, 5.74) is 0. The first-order valence-electron chi connectivity index (χ1n) is 8.42. The van der Waals surface area contributed by atoms with E-state index in [1.165, 1.54) is 12.8 Å². The summed E-state index contributed by atoms with van der Waals surface area (Å²) >= 11 is 0. The lowest BCUT2D eigenvalue weighted by Crippen LogP contribution is -2.33. The Labute approximate surface area is 127 Å². The van der Waals surface area contributed by atoms with Crippen molar-refractivity contribution in [2.75, 3.05) is 13.2 Å². The maximum Gasteiger partial charge on any atom is 0.231 e. The highest BCUT2D eigenvalue weighted by Gasteiger charge is 2.24. The molecule has 5 nitrogen and oxygen atoms in total. The first-order valence-corrected chi connectivity index (χ1v) is 8.42. The Kier molecular flexibility index (Phi) is 6.64. The summed E-state index contributed by atoms with van der Waals surface area (Å²) in [6.07, 6.45) is 6.75. The van der Waals surface area contributed by atoms with E-state index in [-0.39, 0.29) is 12.0 Å². The molecule has 2 heterocycles. The zero-order valence-corrected chi connectivity index (χ0v) is 13.6. The first kappa shape index (κ1) is 16.4. The summed E-state index contributed by atoms with van der Waals surface area (Å²) in [5.74, 6) is 1.78. The molecule has 0 spiro atoms. The molecule has 0 amide bonds. The van der Waals surface area contributed by atoms with Gasteiger partial charge in [-0.15, -0.1) is 0 Å². The third-order valence-corrected chi connectivity index (χ3v) is 4.26. The van der Waals surface area contributed by atoms with Gasteiger partial charge < -0.3 is 14.6 Å². The predicted octanol–water partition coefficient (Wildman–Crippen LogP) is 3.06. The Morgan fingerprint density at radius 3 is 2.86 bits per heavy atom. The zero-order valence-electron chi connectivity index (χ0n) is 13.6. The van der Waals surface area contributed by atoms with Gasteiger partial charge in [-0.05, 0) is 38.6 Å². The molecule has 0 bridgehead atoms. The van der Waals surface area contributed by atoms with E-state index in [9.17, 15) is 0 Å². The lowest BCUT2D eigenvalue weighted by molar-refractivity contribution is 0.0153. The third-order valence-electron chi connectivity index (χ3n) is 4.26. The Morgan fingerprint density at radius 1 is 1.33 bits per heavy atom. The van der Waals surface area contributed by atoms with Gasteiger partial charge in [-0.3, -0.25) is 0 Å². The number of ether oxygens (including phenoxy) is 1. The standard InChI is InChI=1S/C16H29N3O2/c1-4-9-17-14(5-2)12(3)16-18-15(19-21-16)11-13-8-6-7-10-20-13/h12-14,17H,4-11H2,1-3H3. The minimum absolute atomic E-state index is 0.245. The molecule has 1 aromatic heterocycles. The molecule has 1 N–H and O–H groups in total. The van der Waals surface area contributed by atoms with Gasteiger partial charge in [0, 0.05) is 19.1 Å². The lowest BCUT2D eigenvalue weighted by Gasteiger charge is -2.21. The molecule has 3 atom stereocenters. The number of nitrogens with zero attached hydrogens (tertiary/aromatic N) is 2. The van der Waals surface area contributed by atoms with Gasteiger partial charge in [-0.2, -0.15) is 4.98 Å². The smallest absolute Gasteiger partial charge is 0.231 e. The minimum atomic E-state index is 0.245. The second kappa shape index (κ2) is 8.49. The summed E-state index contributed by atoms with van der Waals surface area (Å²) in [6, 6.07) is 0.393. The highest BCUT2D eigenvalue weighted by Crippen LogP contribution is 2.21. The normalized spacial score (nSPS) is 22.1. The van der Waals surface area contributed by atoms with Crippen LogP contribution in [0.1, 0.15) is 70.5 Å². The molecule has 5 heteroatoms. The maximum absolute atomic E-state index is 5.74. The molecule has 3 unspecified atom stereocenters. The summed E-state index contributed by atoms with van der Waals surface area (Å²) < 4.78 is 11.2. The summed E-state index contributed by atoms with van der Waals surface area (Å²) in [5, 5.41) is 7.69.